The van der Waals surface area contributed by atoms with Gasteiger partial charge in [-0.3, -0.25) is 4.98 Å². The number of nitrogens with zero attached hydrogens (tertiary/aromatic N) is 3. The third-order valence-electron chi connectivity index (χ3n) is 2.24. The number of hydrogen-bond acceptors (Lipinski definition) is 4. The molecule has 1 aromatic rings. The van der Waals surface area contributed by atoms with Crippen molar-refractivity contribution < 1.29 is 9.90 Å². The molecule has 78 valence electrons. The Bertz CT molecular complexity index is 411. The molecule has 0 fully saturated rings. The Balaban J connectivity index is 3.06. The number of aromatic nitrogens is 1. The lowest BCUT2D eigenvalue weighted by molar-refractivity contribution is -0.138. The normalized spacial score (nSPS) is 11.5. The number of nitriles is 1. The predicted molar refractivity (Wildman–Crippen MR) is 54.5 cm³/mol. The van der Waals surface area contributed by atoms with Crippen molar-refractivity contribution in [2.75, 3.05) is 11.9 Å². The monoisotopic (exact) mass is 205 g/mol. The second kappa shape index (κ2) is 4.42. The molecule has 0 amide bonds. The maximum atomic E-state index is 10.8. The SMILES string of the molecule is CC(C(=O)O)N(C)c1ccncc1C#N. The van der Waals surface area contributed by atoms with E-state index in [1.54, 1.807) is 20.0 Å². The molecule has 0 saturated carbocycles. The molecule has 1 N–H and O–H groups in total. The zero-order chi connectivity index (χ0) is 11.4. The average molecular weight is 205 g/mol. The Labute approximate surface area is 87.6 Å². The highest BCUT2D eigenvalue weighted by molar-refractivity contribution is 5.78. The Kier molecular flexibility index (Phi) is 3.24. The lowest BCUT2D eigenvalue weighted by atomic mass is 10.2. The van der Waals surface area contributed by atoms with Crippen molar-refractivity contribution in [1.29, 1.82) is 5.26 Å². The van der Waals surface area contributed by atoms with E-state index in [2.05, 4.69) is 4.98 Å². The summed E-state index contributed by atoms with van der Waals surface area (Å²) in [6.45, 7) is 1.56. The van der Waals surface area contributed by atoms with Crippen LogP contribution in [0.1, 0.15) is 12.5 Å². The fourth-order valence-corrected chi connectivity index (χ4v) is 1.16. The van der Waals surface area contributed by atoms with Crippen LogP contribution in [0.5, 0.6) is 0 Å². The highest BCUT2D eigenvalue weighted by Gasteiger charge is 2.19. The van der Waals surface area contributed by atoms with Gasteiger partial charge in [-0.05, 0) is 13.0 Å². The van der Waals surface area contributed by atoms with Crippen molar-refractivity contribution in [2.24, 2.45) is 0 Å². The van der Waals surface area contributed by atoms with Gasteiger partial charge in [0.1, 0.15) is 12.1 Å². The third-order valence-corrected chi connectivity index (χ3v) is 2.24. The van der Waals surface area contributed by atoms with Crippen LogP contribution in [0.2, 0.25) is 0 Å². The fraction of sp³-hybridized carbons (Fsp3) is 0.300. The molecular formula is C10H11N3O2. The molecule has 0 saturated heterocycles. The second-order valence-electron chi connectivity index (χ2n) is 3.13. The van der Waals surface area contributed by atoms with E-state index in [1.165, 1.54) is 17.3 Å². The number of likely N-dealkylation sites (N-methyl/N-ethyl adjacent to an activating group) is 1. The number of rotatable bonds is 3. The zero-order valence-corrected chi connectivity index (χ0v) is 8.51. The molecule has 0 aliphatic carbocycles. The first-order chi connectivity index (χ1) is 7.07. The average Bonchev–Trinajstić information content (AvgIpc) is 2.26. The van der Waals surface area contributed by atoms with Gasteiger partial charge in [0.2, 0.25) is 0 Å². The van der Waals surface area contributed by atoms with Gasteiger partial charge in [-0.2, -0.15) is 5.26 Å². The van der Waals surface area contributed by atoms with Crippen LogP contribution in [0, 0.1) is 11.3 Å². The van der Waals surface area contributed by atoms with Crippen molar-refractivity contribution in [3.05, 3.63) is 24.0 Å². The quantitative estimate of drug-likeness (QED) is 0.791. The second-order valence-corrected chi connectivity index (χ2v) is 3.13. The molecule has 1 aromatic heterocycles. The van der Waals surface area contributed by atoms with Crippen molar-refractivity contribution in [3.8, 4) is 6.07 Å². The number of hydrogen-bond donors (Lipinski definition) is 1. The molecule has 1 heterocycles. The minimum Gasteiger partial charge on any atom is -0.480 e. The Morgan fingerprint density at radius 1 is 1.73 bits per heavy atom. The highest BCUT2D eigenvalue weighted by atomic mass is 16.4. The summed E-state index contributed by atoms with van der Waals surface area (Å²) in [7, 11) is 1.63. The topological polar surface area (TPSA) is 77.2 Å². The van der Waals surface area contributed by atoms with E-state index >= 15 is 0 Å². The van der Waals surface area contributed by atoms with E-state index in [9.17, 15) is 4.79 Å². The van der Waals surface area contributed by atoms with Crippen LogP contribution >= 0.6 is 0 Å². The molecule has 5 heteroatoms. The van der Waals surface area contributed by atoms with E-state index in [0.29, 0.717) is 11.3 Å². The van der Waals surface area contributed by atoms with Gasteiger partial charge in [0.05, 0.1) is 11.3 Å². The summed E-state index contributed by atoms with van der Waals surface area (Å²) in [5.74, 6) is -0.932. The van der Waals surface area contributed by atoms with Gasteiger partial charge in [-0.15, -0.1) is 0 Å². The van der Waals surface area contributed by atoms with Gasteiger partial charge >= 0.3 is 5.97 Å². The number of carboxylic acid groups (broad SMARTS) is 1. The minimum absolute atomic E-state index is 0.369. The van der Waals surface area contributed by atoms with Gasteiger partial charge in [-0.25, -0.2) is 4.79 Å². The van der Waals surface area contributed by atoms with Crippen LogP contribution in [0.3, 0.4) is 0 Å². The van der Waals surface area contributed by atoms with Crippen molar-refractivity contribution in [3.63, 3.8) is 0 Å². The molecule has 1 unspecified atom stereocenters. The van der Waals surface area contributed by atoms with Gasteiger partial charge in [0.15, 0.2) is 0 Å². The molecule has 1 atom stereocenters. The summed E-state index contributed by atoms with van der Waals surface area (Å²) in [4.78, 5) is 16.1. The smallest absolute Gasteiger partial charge is 0.326 e. The number of anilines is 1. The Hall–Kier alpha value is -2.09. The van der Waals surface area contributed by atoms with Crippen molar-refractivity contribution in [1.82, 2.24) is 4.98 Å². The van der Waals surface area contributed by atoms with Gasteiger partial charge in [0.25, 0.3) is 0 Å². The molecular weight excluding hydrogens is 194 g/mol. The van der Waals surface area contributed by atoms with Gasteiger partial charge in [0, 0.05) is 19.4 Å². The van der Waals surface area contributed by atoms with Gasteiger partial charge in [-0.1, -0.05) is 0 Å². The third kappa shape index (κ3) is 2.23. The highest BCUT2D eigenvalue weighted by Crippen LogP contribution is 2.18. The van der Waals surface area contributed by atoms with Crippen LogP contribution in [0.25, 0.3) is 0 Å². The summed E-state index contributed by atoms with van der Waals surface area (Å²) in [6.07, 6.45) is 2.95. The molecule has 1 rings (SSSR count). The van der Waals surface area contributed by atoms with Crippen molar-refractivity contribution >= 4 is 11.7 Å². The summed E-state index contributed by atoms with van der Waals surface area (Å²) in [5, 5.41) is 17.7. The lowest BCUT2D eigenvalue weighted by Crippen LogP contribution is -2.36. The van der Waals surface area contributed by atoms with Gasteiger partial charge < -0.3 is 10.0 Å². The first-order valence-corrected chi connectivity index (χ1v) is 4.37. The first-order valence-electron chi connectivity index (χ1n) is 4.37. The molecule has 0 spiro atoms. The van der Waals surface area contributed by atoms with Crippen molar-refractivity contribution in [2.45, 2.75) is 13.0 Å². The zero-order valence-electron chi connectivity index (χ0n) is 8.51. The van der Waals surface area contributed by atoms with Crippen LogP contribution in [0.15, 0.2) is 18.5 Å². The number of aliphatic carboxylic acids is 1. The summed E-state index contributed by atoms with van der Waals surface area (Å²) in [5.41, 5.74) is 0.940. The van der Waals surface area contributed by atoms with E-state index in [-0.39, 0.29) is 0 Å². The van der Waals surface area contributed by atoms with E-state index < -0.39 is 12.0 Å². The van der Waals surface area contributed by atoms with Crippen LogP contribution < -0.4 is 4.90 Å². The molecule has 0 aromatic carbocycles. The number of carbonyl (C=O) groups is 1. The van der Waals surface area contributed by atoms with E-state index in [0.717, 1.165) is 0 Å². The summed E-state index contributed by atoms with van der Waals surface area (Å²) < 4.78 is 0. The number of pyridine rings is 1. The molecule has 5 nitrogen and oxygen atoms in total. The van der Waals surface area contributed by atoms with Crippen LogP contribution in [-0.2, 0) is 4.79 Å². The van der Waals surface area contributed by atoms with Crippen LogP contribution in [-0.4, -0.2) is 29.1 Å². The van der Waals surface area contributed by atoms with E-state index in [1.807, 2.05) is 6.07 Å². The standard InChI is InChI=1S/C10H11N3O2/c1-7(10(14)15)13(2)9-3-4-12-6-8(9)5-11/h3-4,6-7H,1-2H3,(H,14,15). The summed E-state index contributed by atoms with van der Waals surface area (Å²) in [6, 6.07) is 2.92. The molecule has 0 radical (unpaired) electrons. The Morgan fingerprint density at radius 3 is 2.93 bits per heavy atom. The first kappa shape index (κ1) is 11.0. The molecule has 0 aliphatic rings. The van der Waals surface area contributed by atoms with E-state index in [4.69, 9.17) is 10.4 Å². The summed E-state index contributed by atoms with van der Waals surface area (Å²) >= 11 is 0. The minimum atomic E-state index is -0.932. The molecule has 0 aliphatic heterocycles. The lowest BCUT2D eigenvalue weighted by Gasteiger charge is -2.24. The molecule has 15 heavy (non-hydrogen) atoms. The maximum Gasteiger partial charge on any atom is 0.326 e. The molecule has 0 bridgehead atoms. The predicted octanol–water partition coefficient (Wildman–Crippen LogP) is 0.863. The van der Waals surface area contributed by atoms with Crippen LogP contribution in [0.4, 0.5) is 5.69 Å². The largest absolute Gasteiger partial charge is 0.480 e. The fourth-order valence-electron chi connectivity index (χ4n) is 1.16. The maximum absolute atomic E-state index is 10.8. The Morgan fingerprint density at radius 2 is 2.40 bits per heavy atom. The number of carboxylic acids is 1.